The third-order valence-corrected chi connectivity index (χ3v) is 4.29. The van der Waals surface area contributed by atoms with E-state index in [4.69, 9.17) is 0 Å². The number of hydrogen-bond donors (Lipinski definition) is 2. The van der Waals surface area contributed by atoms with Gasteiger partial charge >= 0.3 is 11.9 Å². The summed E-state index contributed by atoms with van der Waals surface area (Å²) in [6, 6.07) is 2.90. The molecule has 0 spiro atoms. The monoisotopic (exact) mass is 246 g/mol. The topological polar surface area (TPSA) is 74.6 Å². The van der Waals surface area contributed by atoms with Crippen LogP contribution in [0.15, 0.2) is 12.1 Å². The lowest BCUT2D eigenvalue weighted by molar-refractivity contribution is 0.0675. The molecule has 1 aromatic rings. The van der Waals surface area contributed by atoms with Gasteiger partial charge in [-0.2, -0.15) is 0 Å². The fraction of sp³-hybridized carbons (Fsp3) is 0.429. The standard InChI is InChI=1S/C14H14O4/c15-13(16)9-5-6-10(14(17)18)12-8-2-1-7(3-4-8)11(9)12/h5-8H,1-4H2,(H,15,16)(H,17,18). The molecule has 1 aromatic carbocycles. The van der Waals surface area contributed by atoms with Crippen LogP contribution in [0, 0.1) is 0 Å². The van der Waals surface area contributed by atoms with Crippen LogP contribution in [0.25, 0.3) is 0 Å². The average molecular weight is 246 g/mol. The highest BCUT2D eigenvalue weighted by atomic mass is 16.4. The average Bonchev–Trinajstić information content (AvgIpc) is 2.38. The zero-order valence-electron chi connectivity index (χ0n) is 9.85. The van der Waals surface area contributed by atoms with E-state index in [9.17, 15) is 19.8 Å². The first-order valence-electron chi connectivity index (χ1n) is 6.23. The highest BCUT2D eigenvalue weighted by Gasteiger charge is 2.38. The lowest BCUT2D eigenvalue weighted by Gasteiger charge is -2.39. The summed E-state index contributed by atoms with van der Waals surface area (Å²) in [4.78, 5) is 22.6. The summed E-state index contributed by atoms with van der Waals surface area (Å²) in [5, 5.41) is 18.5. The molecule has 4 rings (SSSR count). The van der Waals surface area contributed by atoms with Crippen molar-refractivity contribution in [3.63, 3.8) is 0 Å². The largest absolute Gasteiger partial charge is 0.478 e. The van der Waals surface area contributed by atoms with Crippen LogP contribution < -0.4 is 0 Å². The van der Waals surface area contributed by atoms with Crippen LogP contribution in [-0.2, 0) is 0 Å². The number of carbonyl (C=O) groups is 2. The zero-order valence-corrected chi connectivity index (χ0v) is 9.85. The Hall–Kier alpha value is -1.84. The molecule has 0 aromatic heterocycles. The molecule has 0 atom stereocenters. The smallest absolute Gasteiger partial charge is 0.335 e. The number of hydrogen-bond acceptors (Lipinski definition) is 2. The number of fused-ring (bicyclic) bond motifs is 2. The van der Waals surface area contributed by atoms with Gasteiger partial charge < -0.3 is 10.2 Å². The van der Waals surface area contributed by atoms with Crippen molar-refractivity contribution in [2.45, 2.75) is 37.5 Å². The maximum Gasteiger partial charge on any atom is 0.335 e. The summed E-state index contributed by atoms with van der Waals surface area (Å²) in [6.45, 7) is 0. The minimum absolute atomic E-state index is 0.232. The minimum Gasteiger partial charge on any atom is -0.478 e. The molecule has 0 aliphatic heterocycles. The first-order chi connectivity index (χ1) is 8.59. The van der Waals surface area contributed by atoms with Crippen LogP contribution >= 0.6 is 0 Å². The molecule has 4 nitrogen and oxygen atoms in total. The second kappa shape index (κ2) is 3.83. The van der Waals surface area contributed by atoms with Crippen molar-refractivity contribution in [1.29, 1.82) is 0 Å². The SMILES string of the molecule is O=C(O)c1ccc(C(=O)O)c2c1C1CCC2CC1. The van der Waals surface area contributed by atoms with Crippen LogP contribution in [-0.4, -0.2) is 22.2 Å². The van der Waals surface area contributed by atoms with E-state index in [1.807, 2.05) is 0 Å². The molecule has 0 heterocycles. The molecular weight excluding hydrogens is 232 g/mol. The Morgan fingerprint density at radius 1 is 0.833 bits per heavy atom. The van der Waals surface area contributed by atoms with Crippen molar-refractivity contribution in [1.82, 2.24) is 0 Å². The van der Waals surface area contributed by atoms with Gasteiger partial charge in [-0.3, -0.25) is 0 Å². The van der Waals surface area contributed by atoms with E-state index < -0.39 is 11.9 Å². The van der Waals surface area contributed by atoms with Crippen LogP contribution in [0.1, 0.15) is 69.4 Å². The van der Waals surface area contributed by atoms with Crippen molar-refractivity contribution in [3.05, 3.63) is 34.4 Å². The molecular formula is C14H14O4. The molecule has 3 aliphatic carbocycles. The predicted molar refractivity (Wildman–Crippen MR) is 64.3 cm³/mol. The lowest BCUT2D eigenvalue weighted by atomic mass is 9.64. The van der Waals surface area contributed by atoms with Gasteiger partial charge in [0.1, 0.15) is 0 Å². The van der Waals surface area contributed by atoms with E-state index in [-0.39, 0.29) is 11.8 Å². The predicted octanol–water partition coefficient (Wildman–Crippen LogP) is 2.84. The van der Waals surface area contributed by atoms with Gasteiger partial charge in [-0.05, 0) is 60.8 Å². The van der Waals surface area contributed by atoms with Gasteiger partial charge in [0.2, 0.25) is 0 Å². The molecule has 1 saturated carbocycles. The molecule has 2 bridgehead atoms. The molecule has 18 heavy (non-hydrogen) atoms. The molecule has 0 radical (unpaired) electrons. The van der Waals surface area contributed by atoms with E-state index >= 15 is 0 Å². The van der Waals surface area contributed by atoms with Gasteiger partial charge in [0.15, 0.2) is 0 Å². The maximum atomic E-state index is 11.3. The van der Waals surface area contributed by atoms with Crippen molar-refractivity contribution in [2.75, 3.05) is 0 Å². The summed E-state index contributed by atoms with van der Waals surface area (Å²) in [5.41, 5.74) is 2.18. The van der Waals surface area contributed by atoms with Gasteiger partial charge in [0.05, 0.1) is 11.1 Å². The first kappa shape index (κ1) is 11.3. The third kappa shape index (κ3) is 1.45. The fourth-order valence-electron chi connectivity index (χ4n) is 3.56. The number of aromatic carboxylic acids is 2. The Labute approximate surface area is 104 Å². The van der Waals surface area contributed by atoms with E-state index in [1.165, 1.54) is 12.1 Å². The Morgan fingerprint density at radius 3 is 1.44 bits per heavy atom. The molecule has 94 valence electrons. The normalized spacial score (nSPS) is 24.7. The maximum absolute atomic E-state index is 11.3. The van der Waals surface area contributed by atoms with Gasteiger partial charge in [-0.15, -0.1) is 0 Å². The number of carboxylic acid groups (broad SMARTS) is 2. The molecule has 0 amide bonds. The molecule has 1 fully saturated rings. The Balaban J connectivity index is 2.29. The summed E-state index contributed by atoms with van der Waals surface area (Å²) in [7, 11) is 0. The van der Waals surface area contributed by atoms with Crippen LogP contribution in [0.5, 0.6) is 0 Å². The number of rotatable bonds is 2. The summed E-state index contributed by atoms with van der Waals surface area (Å²) >= 11 is 0. The molecule has 2 N–H and O–H groups in total. The number of carboxylic acids is 2. The van der Waals surface area contributed by atoms with E-state index in [1.54, 1.807) is 0 Å². The van der Waals surface area contributed by atoms with Crippen molar-refractivity contribution < 1.29 is 19.8 Å². The van der Waals surface area contributed by atoms with Crippen molar-refractivity contribution in [2.24, 2.45) is 0 Å². The summed E-state index contributed by atoms with van der Waals surface area (Å²) in [5.74, 6) is -1.43. The van der Waals surface area contributed by atoms with Gasteiger partial charge in [-0.25, -0.2) is 9.59 Å². The van der Waals surface area contributed by atoms with Crippen molar-refractivity contribution in [3.8, 4) is 0 Å². The Kier molecular flexibility index (Phi) is 2.40. The highest BCUT2D eigenvalue weighted by Crippen LogP contribution is 2.51. The first-order valence-corrected chi connectivity index (χ1v) is 6.23. The molecule has 0 unspecified atom stereocenters. The molecule has 0 saturated heterocycles. The highest BCUT2D eigenvalue weighted by molar-refractivity contribution is 5.95. The van der Waals surface area contributed by atoms with Crippen molar-refractivity contribution >= 4 is 11.9 Å². The van der Waals surface area contributed by atoms with E-state index in [0.29, 0.717) is 11.1 Å². The Morgan fingerprint density at radius 2 is 1.17 bits per heavy atom. The quantitative estimate of drug-likeness (QED) is 0.841. The second-order valence-corrected chi connectivity index (χ2v) is 5.15. The van der Waals surface area contributed by atoms with E-state index in [2.05, 4.69) is 0 Å². The fourth-order valence-corrected chi connectivity index (χ4v) is 3.56. The summed E-state index contributed by atoms with van der Waals surface area (Å²) in [6.07, 6.45) is 3.95. The van der Waals surface area contributed by atoms with Gasteiger partial charge in [-0.1, -0.05) is 0 Å². The zero-order chi connectivity index (χ0) is 12.9. The van der Waals surface area contributed by atoms with Crippen LogP contribution in [0.2, 0.25) is 0 Å². The summed E-state index contributed by atoms with van der Waals surface area (Å²) < 4.78 is 0. The van der Waals surface area contributed by atoms with Gasteiger partial charge in [0.25, 0.3) is 0 Å². The second-order valence-electron chi connectivity index (χ2n) is 5.15. The van der Waals surface area contributed by atoms with E-state index in [0.717, 1.165) is 36.8 Å². The molecule has 4 heteroatoms. The lowest BCUT2D eigenvalue weighted by Crippen LogP contribution is -2.27. The molecule has 3 aliphatic rings. The van der Waals surface area contributed by atoms with Crippen LogP contribution in [0.3, 0.4) is 0 Å². The van der Waals surface area contributed by atoms with Crippen LogP contribution in [0.4, 0.5) is 0 Å². The minimum atomic E-state index is -0.948. The van der Waals surface area contributed by atoms with Gasteiger partial charge in [0, 0.05) is 0 Å². The number of benzene rings is 1. The third-order valence-electron chi connectivity index (χ3n) is 4.29. The Bertz CT molecular complexity index is 490.